The first-order valence-corrected chi connectivity index (χ1v) is 10.6. The van der Waals surface area contributed by atoms with Gasteiger partial charge in [0.05, 0.1) is 0 Å². The van der Waals surface area contributed by atoms with E-state index in [2.05, 4.69) is 19.2 Å². The largest absolute Gasteiger partial charge is 0.312 e. The van der Waals surface area contributed by atoms with Gasteiger partial charge in [-0.05, 0) is 24.4 Å². The van der Waals surface area contributed by atoms with Crippen LogP contribution in [-0.2, 0) is 16.6 Å². The van der Waals surface area contributed by atoms with E-state index in [0.717, 1.165) is 17.0 Å². The average molecular weight is 349 g/mol. The van der Waals surface area contributed by atoms with Gasteiger partial charge in [0, 0.05) is 35.0 Å². The minimum Gasteiger partial charge on any atom is -0.312 e. The Hall–Kier alpha value is -0.0800. The Morgan fingerprint density at radius 1 is 1.33 bits per heavy atom. The molecule has 7 heteroatoms. The number of rotatable bonds is 5. The van der Waals surface area contributed by atoms with Crippen molar-refractivity contribution in [1.29, 1.82) is 0 Å². The Labute approximate surface area is 136 Å². The van der Waals surface area contributed by atoms with E-state index in [0.29, 0.717) is 35.0 Å². The molecule has 2 unspecified atom stereocenters. The molecule has 1 aromatic heterocycles. The predicted molar refractivity (Wildman–Crippen MR) is 91.7 cm³/mol. The number of hydrogen-bond donors (Lipinski definition) is 1. The first-order valence-electron chi connectivity index (χ1n) is 7.29. The van der Waals surface area contributed by atoms with Gasteiger partial charge in [-0.15, -0.1) is 11.3 Å². The molecule has 2 heterocycles. The van der Waals surface area contributed by atoms with Crippen LogP contribution in [0.4, 0.5) is 0 Å². The fourth-order valence-corrected chi connectivity index (χ4v) is 7.51. The fourth-order valence-electron chi connectivity index (χ4n) is 2.65. The van der Waals surface area contributed by atoms with Crippen molar-refractivity contribution >= 4 is 33.1 Å². The highest BCUT2D eigenvalue weighted by Crippen LogP contribution is 2.33. The highest BCUT2D eigenvalue weighted by atomic mass is 32.2. The summed E-state index contributed by atoms with van der Waals surface area (Å²) in [4.78, 5) is 1.45. The van der Waals surface area contributed by atoms with Crippen LogP contribution in [0.15, 0.2) is 10.3 Å². The Morgan fingerprint density at radius 3 is 2.52 bits per heavy atom. The molecular weight excluding hydrogens is 324 g/mol. The Kier molecular flexibility index (Phi) is 5.76. The van der Waals surface area contributed by atoms with Crippen LogP contribution in [0, 0.1) is 6.92 Å². The monoisotopic (exact) mass is 348 g/mol. The number of hydrogen-bond acceptors (Lipinski definition) is 5. The van der Waals surface area contributed by atoms with Gasteiger partial charge in [-0.2, -0.15) is 16.1 Å². The van der Waals surface area contributed by atoms with Crippen LogP contribution in [0.1, 0.15) is 31.2 Å². The van der Waals surface area contributed by atoms with Crippen molar-refractivity contribution in [3.05, 3.63) is 15.8 Å². The van der Waals surface area contributed by atoms with Gasteiger partial charge in [0.2, 0.25) is 10.0 Å². The van der Waals surface area contributed by atoms with Gasteiger partial charge in [-0.25, -0.2) is 8.42 Å². The third kappa shape index (κ3) is 3.82. The zero-order valence-electron chi connectivity index (χ0n) is 13.0. The summed E-state index contributed by atoms with van der Waals surface area (Å²) < 4.78 is 27.7. The SMILES string of the molecule is CCNCc1scc(C)c1S(=O)(=O)N1CC(C)SC(C)C1. The lowest BCUT2D eigenvalue weighted by atomic mass is 10.3. The number of thiophene rings is 1. The molecule has 0 aromatic carbocycles. The van der Waals surface area contributed by atoms with Crippen molar-refractivity contribution < 1.29 is 8.42 Å². The molecule has 0 aliphatic carbocycles. The summed E-state index contributed by atoms with van der Waals surface area (Å²) in [7, 11) is -3.39. The first kappa shape index (κ1) is 17.3. The van der Waals surface area contributed by atoms with E-state index in [-0.39, 0.29) is 0 Å². The average Bonchev–Trinajstić information content (AvgIpc) is 2.77. The van der Waals surface area contributed by atoms with E-state index < -0.39 is 10.0 Å². The molecule has 120 valence electrons. The quantitative estimate of drug-likeness (QED) is 0.889. The zero-order chi connectivity index (χ0) is 15.6. The molecular formula is C14H24N2O2S3. The van der Waals surface area contributed by atoms with E-state index in [1.807, 2.05) is 31.0 Å². The summed E-state index contributed by atoms with van der Waals surface area (Å²) in [5.74, 6) is 0. The second kappa shape index (κ2) is 7.00. The summed E-state index contributed by atoms with van der Waals surface area (Å²) in [6.45, 7) is 10.8. The molecule has 0 amide bonds. The van der Waals surface area contributed by atoms with Crippen molar-refractivity contribution in [3.63, 3.8) is 0 Å². The molecule has 1 aliphatic rings. The summed E-state index contributed by atoms with van der Waals surface area (Å²) >= 11 is 3.40. The number of nitrogens with zero attached hydrogens (tertiary/aromatic N) is 1. The van der Waals surface area contributed by atoms with Gasteiger partial charge in [-0.3, -0.25) is 0 Å². The maximum Gasteiger partial charge on any atom is 0.244 e. The molecule has 2 atom stereocenters. The van der Waals surface area contributed by atoms with Crippen LogP contribution in [0.5, 0.6) is 0 Å². The summed E-state index contributed by atoms with van der Waals surface area (Å²) in [6.07, 6.45) is 0. The standard InChI is InChI=1S/C14H24N2O2S3/c1-5-15-6-13-14(10(2)9-19-13)21(17,18)16-7-11(3)20-12(4)8-16/h9,11-12,15H,5-8H2,1-4H3. The second-order valence-electron chi connectivity index (χ2n) is 5.53. The Bertz CT molecular complexity index is 573. The molecule has 0 saturated carbocycles. The van der Waals surface area contributed by atoms with Crippen LogP contribution >= 0.6 is 23.1 Å². The number of thioether (sulfide) groups is 1. The minimum absolute atomic E-state index is 0.347. The number of nitrogens with one attached hydrogen (secondary N) is 1. The Balaban J connectivity index is 2.33. The summed E-state index contributed by atoms with van der Waals surface area (Å²) in [6, 6.07) is 0. The smallest absolute Gasteiger partial charge is 0.244 e. The molecule has 0 spiro atoms. The second-order valence-corrected chi connectivity index (χ2v) is 10.3. The maximum absolute atomic E-state index is 13.0. The van der Waals surface area contributed by atoms with Gasteiger partial charge in [0.1, 0.15) is 4.90 Å². The Morgan fingerprint density at radius 2 is 1.95 bits per heavy atom. The summed E-state index contributed by atoms with van der Waals surface area (Å²) in [5, 5.41) is 5.88. The van der Waals surface area contributed by atoms with Crippen molar-refractivity contribution in [2.24, 2.45) is 0 Å². The van der Waals surface area contributed by atoms with Crippen LogP contribution in [0.3, 0.4) is 0 Å². The zero-order valence-corrected chi connectivity index (χ0v) is 15.5. The van der Waals surface area contributed by atoms with E-state index in [4.69, 9.17) is 0 Å². The molecule has 0 radical (unpaired) electrons. The van der Waals surface area contributed by atoms with E-state index in [1.165, 1.54) is 11.3 Å². The van der Waals surface area contributed by atoms with Crippen LogP contribution < -0.4 is 5.32 Å². The molecule has 1 aliphatic heterocycles. The van der Waals surface area contributed by atoms with Crippen LogP contribution in [0.2, 0.25) is 0 Å². The van der Waals surface area contributed by atoms with Gasteiger partial charge in [0.15, 0.2) is 0 Å². The van der Waals surface area contributed by atoms with E-state index >= 15 is 0 Å². The van der Waals surface area contributed by atoms with Crippen molar-refractivity contribution in [2.45, 2.75) is 49.6 Å². The highest BCUT2D eigenvalue weighted by Gasteiger charge is 2.34. The lowest BCUT2D eigenvalue weighted by molar-refractivity contribution is 0.404. The molecule has 2 rings (SSSR count). The lowest BCUT2D eigenvalue weighted by Gasteiger charge is -2.34. The van der Waals surface area contributed by atoms with Gasteiger partial charge in [-0.1, -0.05) is 20.8 Å². The van der Waals surface area contributed by atoms with E-state index in [9.17, 15) is 8.42 Å². The minimum atomic E-state index is -3.39. The summed E-state index contributed by atoms with van der Waals surface area (Å²) in [5.41, 5.74) is 0.867. The third-order valence-corrected chi connectivity index (χ3v) is 8.03. The van der Waals surface area contributed by atoms with Gasteiger partial charge in [0.25, 0.3) is 0 Å². The molecule has 4 nitrogen and oxygen atoms in total. The molecule has 1 aromatic rings. The molecule has 1 N–H and O–H groups in total. The molecule has 21 heavy (non-hydrogen) atoms. The third-order valence-electron chi connectivity index (χ3n) is 3.51. The maximum atomic E-state index is 13.0. The number of aryl methyl sites for hydroxylation is 1. The van der Waals surface area contributed by atoms with Crippen LogP contribution in [-0.4, -0.2) is 42.9 Å². The van der Waals surface area contributed by atoms with Crippen molar-refractivity contribution in [3.8, 4) is 0 Å². The van der Waals surface area contributed by atoms with Crippen molar-refractivity contribution in [2.75, 3.05) is 19.6 Å². The van der Waals surface area contributed by atoms with Gasteiger partial charge < -0.3 is 5.32 Å². The predicted octanol–water partition coefficient (Wildman–Crippen LogP) is 2.68. The highest BCUT2D eigenvalue weighted by molar-refractivity contribution is 8.00. The van der Waals surface area contributed by atoms with Crippen molar-refractivity contribution in [1.82, 2.24) is 9.62 Å². The molecule has 0 bridgehead atoms. The number of sulfonamides is 1. The van der Waals surface area contributed by atoms with E-state index in [1.54, 1.807) is 4.31 Å². The van der Waals surface area contributed by atoms with Gasteiger partial charge >= 0.3 is 0 Å². The molecule has 1 fully saturated rings. The first-order chi connectivity index (χ1) is 9.86. The fraction of sp³-hybridized carbons (Fsp3) is 0.714. The normalized spacial score (nSPS) is 24.4. The topological polar surface area (TPSA) is 49.4 Å². The van der Waals surface area contributed by atoms with Crippen LogP contribution in [0.25, 0.3) is 0 Å². The lowest BCUT2D eigenvalue weighted by Crippen LogP contribution is -2.44. The molecule has 1 saturated heterocycles.